The van der Waals surface area contributed by atoms with Gasteiger partial charge >= 0.3 is 25.8 Å². The predicted octanol–water partition coefficient (Wildman–Crippen LogP) is 5.69. The fourth-order valence-corrected chi connectivity index (χ4v) is 5.59. The van der Waals surface area contributed by atoms with Crippen molar-refractivity contribution in [2.24, 2.45) is 0 Å². The van der Waals surface area contributed by atoms with Gasteiger partial charge in [0.15, 0.2) is 23.3 Å². The molecule has 0 saturated heterocycles. The molecule has 9 heteroatoms. The van der Waals surface area contributed by atoms with E-state index in [1.165, 1.54) is 0 Å². The molecule has 7 aromatic rings. The summed E-state index contributed by atoms with van der Waals surface area (Å²) < 4.78 is 0. The van der Waals surface area contributed by atoms with Gasteiger partial charge in [-0.25, -0.2) is 29.9 Å². The van der Waals surface area contributed by atoms with Gasteiger partial charge < -0.3 is 9.97 Å². The number of fused-ring (bicyclic) bond motifs is 20. The number of benzene rings is 4. The second-order valence-electron chi connectivity index (χ2n) is 9.79. The van der Waals surface area contributed by atoms with Crippen LogP contribution >= 0.6 is 0 Å². The Labute approximate surface area is 251 Å². The minimum atomic E-state index is 0. The van der Waals surface area contributed by atoms with Crippen LogP contribution in [0.2, 0.25) is 0 Å². The Balaban J connectivity index is 0.00000256. The average molecular weight is 632 g/mol. The molecule has 41 heavy (non-hydrogen) atoms. The van der Waals surface area contributed by atoms with E-state index in [-0.39, 0.29) is 25.8 Å². The Morgan fingerprint density at radius 2 is 0.561 bits per heavy atom. The summed E-state index contributed by atoms with van der Waals surface area (Å²) in [5, 5.41) is 3.82. The van der Waals surface area contributed by atoms with Crippen molar-refractivity contribution >= 4 is 70.0 Å². The molecule has 4 aromatic carbocycles. The van der Waals surface area contributed by atoms with Crippen molar-refractivity contribution in [2.45, 2.75) is 0 Å². The molecule has 5 heterocycles. The molecular formula is C32H21InN8. The van der Waals surface area contributed by atoms with Crippen LogP contribution in [0.25, 0.3) is 89.7 Å². The molecule has 0 fully saturated rings. The molecule has 0 spiro atoms. The molecule has 0 atom stereocenters. The number of hydrogen-bond donors (Lipinski definition) is 2. The number of hydrogen-bond acceptors (Lipinski definition) is 6. The Morgan fingerprint density at radius 3 is 0.829 bits per heavy atom. The SMILES string of the molecule is [InH3].c1ccc2c(c1)-c1nc-2nc2[nH]c(nc3nc(nc4[nH]c(n1)c1ccccc41)-c1ccccc1-3)c1ccccc21. The molecule has 0 amide bonds. The number of H-pyrrole nitrogens is 2. The van der Waals surface area contributed by atoms with Crippen LogP contribution in [0.4, 0.5) is 0 Å². The van der Waals surface area contributed by atoms with Crippen LogP contribution < -0.4 is 0 Å². The molecule has 2 aliphatic heterocycles. The molecule has 0 unspecified atom stereocenters. The minimum absolute atomic E-state index is 0. The first-order valence-corrected chi connectivity index (χ1v) is 13.0. The van der Waals surface area contributed by atoms with E-state index in [4.69, 9.17) is 29.9 Å². The van der Waals surface area contributed by atoms with E-state index in [1.807, 2.05) is 97.1 Å². The van der Waals surface area contributed by atoms with E-state index >= 15 is 0 Å². The molecule has 0 aliphatic carbocycles. The van der Waals surface area contributed by atoms with Crippen LogP contribution in [0.3, 0.4) is 0 Å². The monoisotopic (exact) mass is 632 g/mol. The Hall–Kier alpha value is -4.89. The normalized spacial score (nSPS) is 11.7. The molecule has 0 radical (unpaired) electrons. The topological polar surface area (TPSA) is 109 Å². The van der Waals surface area contributed by atoms with Crippen molar-refractivity contribution in [1.82, 2.24) is 39.9 Å². The molecule has 8 bridgehead atoms. The largest absolute Gasteiger partial charge is 0.324 e. The number of aromatic amines is 2. The second kappa shape index (κ2) is 9.07. The smallest absolute Gasteiger partial charge is 0.164 e. The van der Waals surface area contributed by atoms with Crippen LogP contribution in [0.5, 0.6) is 0 Å². The zero-order chi connectivity index (χ0) is 26.2. The van der Waals surface area contributed by atoms with Gasteiger partial charge in [0, 0.05) is 43.8 Å². The third-order valence-corrected chi connectivity index (χ3v) is 7.46. The van der Waals surface area contributed by atoms with Gasteiger partial charge in [0.05, 0.1) is 0 Å². The second-order valence-corrected chi connectivity index (χ2v) is 9.79. The van der Waals surface area contributed by atoms with Gasteiger partial charge in [0.2, 0.25) is 0 Å². The van der Waals surface area contributed by atoms with Gasteiger partial charge in [-0.1, -0.05) is 97.1 Å². The third kappa shape index (κ3) is 3.62. The Morgan fingerprint density at radius 1 is 0.317 bits per heavy atom. The summed E-state index contributed by atoms with van der Waals surface area (Å²) in [6, 6.07) is 32.2. The molecule has 2 aliphatic rings. The summed E-state index contributed by atoms with van der Waals surface area (Å²) >= 11 is 0. The van der Waals surface area contributed by atoms with Gasteiger partial charge in [0.1, 0.15) is 22.6 Å². The average Bonchev–Trinajstić information content (AvgIpc) is 3.73. The summed E-state index contributed by atoms with van der Waals surface area (Å²) in [7, 11) is 0. The molecule has 2 N–H and O–H groups in total. The van der Waals surface area contributed by atoms with E-state index in [9.17, 15) is 0 Å². The summed E-state index contributed by atoms with van der Waals surface area (Å²) in [5.41, 5.74) is 6.45. The van der Waals surface area contributed by atoms with Crippen LogP contribution in [0, 0.1) is 0 Å². The van der Waals surface area contributed by atoms with Crippen LogP contribution in [-0.4, -0.2) is 65.7 Å². The van der Waals surface area contributed by atoms with Crippen LogP contribution in [0.1, 0.15) is 0 Å². The molecule has 8 nitrogen and oxygen atoms in total. The molecule has 192 valence electrons. The van der Waals surface area contributed by atoms with E-state index < -0.39 is 0 Å². The first-order chi connectivity index (χ1) is 19.8. The van der Waals surface area contributed by atoms with E-state index in [0.717, 1.165) is 43.8 Å². The predicted molar refractivity (Wildman–Crippen MR) is 166 cm³/mol. The molecular weight excluding hydrogens is 611 g/mol. The quantitative estimate of drug-likeness (QED) is 0.223. The van der Waals surface area contributed by atoms with E-state index in [0.29, 0.717) is 45.9 Å². The maximum absolute atomic E-state index is 5.02. The van der Waals surface area contributed by atoms with Gasteiger partial charge in [-0.05, 0) is 0 Å². The van der Waals surface area contributed by atoms with Gasteiger partial charge in [-0.15, -0.1) is 0 Å². The minimum Gasteiger partial charge on any atom is -0.324 e. The van der Waals surface area contributed by atoms with Crippen LogP contribution in [0.15, 0.2) is 97.1 Å². The van der Waals surface area contributed by atoms with Crippen molar-refractivity contribution in [3.8, 4) is 45.6 Å². The van der Waals surface area contributed by atoms with Crippen molar-refractivity contribution in [1.29, 1.82) is 0 Å². The molecule has 0 saturated carbocycles. The first-order valence-electron chi connectivity index (χ1n) is 13.0. The van der Waals surface area contributed by atoms with E-state index in [1.54, 1.807) is 0 Å². The summed E-state index contributed by atoms with van der Waals surface area (Å²) in [6.45, 7) is 0. The number of rotatable bonds is 0. The standard InChI is InChI=1S/C32H18N8.In.3H/c1-2-10-18-17(9-1)25-33-26(18)38-28-21-13-5-6-14-22(21)30(35-28)40-32-24-16-8-7-15-23(24)31(36-32)39-29-20-12-4-3-11-19(20)27(34-29)37-25;;;;/h1-16H,(H2,33,34,35,36,37,38,39,40);;;;. The van der Waals surface area contributed by atoms with Gasteiger partial charge in [0.25, 0.3) is 0 Å². The Bertz CT molecular complexity index is 2030. The summed E-state index contributed by atoms with van der Waals surface area (Å²) in [6.07, 6.45) is 0. The summed E-state index contributed by atoms with van der Waals surface area (Å²) in [4.78, 5) is 36.8. The first kappa shape index (κ1) is 24.0. The van der Waals surface area contributed by atoms with Crippen molar-refractivity contribution in [3.63, 3.8) is 0 Å². The number of nitrogens with one attached hydrogen (secondary N) is 2. The maximum Gasteiger partial charge on any atom is 0.164 e. The number of aromatic nitrogens is 8. The third-order valence-electron chi connectivity index (χ3n) is 7.46. The van der Waals surface area contributed by atoms with Crippen molar-refractivity contribution in [2.75, 3.05) is 0 Å². The summed E-state index contributed by atoms with van der Waals surface area (Å²) in [5.74, 6) is 2.39. The van der Waals surface area contributed by atoms with Gasteiger partial charge in [-0.3, -0.25) is 0 Å². The molecule has 9 rings (SSSR count). The Kier molecular flexibility index (Phi) is 5.30. The van der Waals surface area contributed by atoms with Crippen molar-refractivity contribution in [3.05, 3.63) is 97.1 Å². The van der Waals surface area contributed by atoms with Crippen molar-refractivity contribution < 1.29 is 0 Å². The van der Waals surface area contributed by atoms with Crippen LogP contribution in [-0.2, 0) is 0 Å². The maximum atomic E-state index is 5.02. The molecule has 3 aromatic heterocycles. The van der Waals surface area contributed by atoms with Gasteiger partial charge in [-0.2, -0.15) is 0 Å². The zero-order valence-electron chi connectivity index (χ0n) is 20.9. The van der Waals surface area contributed by atoms with E-state index in [2.05, 4.69) is 9.97 Å². The fourth-order valence-electron chi connectivity index (χ4n) is 5.59. The number of nitrogens with zero attached hydrogens (tertiary/aromatic N) is 6. The zero-order valence-corrected chi connectivity index (χ0v) is 20.9. The fraction of sp³-hybridized carbons (Fsp3) is 0.